The molecule has 0 aliphatic carbocycles. The zero-order valence-electron chi connectivity index (χ0n) is 11.1. The molecule has 17 heavy (non-hydrogen) atoms. The Kier molecular flexibility index (Phi) is 4.25. The van der Waals surface area contributed by atoms with Crippen molar-refractivity contribution in [3.8, 4) is 5.88 Å². The molecule has 0 bridgehead atoms. The first-order valence-electron chi connectivity index (χ1n) is 5.47. The molecule has 0 saturated heterocycles. The van der Waals surface area contributed by atoms with Gasteiger partial charge in [-0.3, -0.25) is 5.43 Å². The second-order valence-electron chi connectivity index (χ2n) is 4.81. The lowest BCUT2D eigenvalue weighted by Gasteiger charge is -2.31. The third-order valence-electron chi connectivity index (χ3n) is 2.74. The van der Waals surface area contributed by atoms with Gasteiger partial charge >= 0.3 is 0 Å². The predicted octanol–water partition coefficient (Wildman–Crippen LogP) is 0.790. The highest BCUT2D eigenvalue weighted by Crippen LogP contribution is 2.15. The van der Waals surface area contributed by atoms with E-state index < -0.39 is 0 Å². The second kappa shape index (κ2) is 5.29. The highest BCUT2D eigenvalue weighted by atomic mass is 16.5. The minimum absolute atomic E-state index is 0.0604. The van der Waals surface area contributed by atoms with Gasteiger partial charge in [-0.05, 0) is 34.9 Å². The van der Waals surface area contributed by atoms with Crippen molar-refractivity contribution >= 4 is 5.95 Å². The molecule has 0 aromatic carbocycles. The van der Waals surface area contributed by atoms with Crippen LogP contribution in [0.2, 0.25) is 0 Å². The number of likely N-dealkylation sites (N-methyl/N-ethyl adjacent to an activating group) is 1. The SMILES string of the molecule is Cc1cc(OCC(C)(C)N(C)C)nc(NN)n1. The Morgan fingerprint density at radius 3 is 2.59 bits per heavy atom. The number of rotatable bonds is 5. The maximum absolute atomic E-state index is 5.67. The molecule has 0 radical (unpaired) electrons. The van der Waals surface area contributed by atoms with E-state index in [9.17, 15) is 0 Å². The van der Waals surface area contributed by atoms with E-state index in [-0.39, 0.29) is 5.54 Å². The largest absolute Gasteiger partial charge is 0.476 e. The summed E-state index contributed by atoms with van der Waals surface area (Å²) in [7, 11) is 4.03. The van der Waals surface area contributed by atoms with E-state index in [0.717, 1.165) is 5.69 Å². The second-order valence-corrected chi connectivity index (χ2v) is 4.81. The highest BCUT2D eigenvalue weighted by Gasteiger charge is 2.21. The Morgan fingerprint density at radius 1 is 1.41 bits per heavy atom. The lowest BCUT2D eigenvalue weighted by molar-refractivity contribution is 0.111. The number of nitrogens with one attached hydrogen (secondary N) is 1. The minimum atomic E-state index is -0.0604. The summed E-state index contributed by atoms with van der Waals surface area (Å²) in [5, 5.41) is 0. The van der Waals surface area contributed by atoms with Crippen LogP contribution in [-0.2, 0) is 0 Å². The molecule has 0 fully saturated rings. The van der Waals surface area contributed by atoms with Gasteiger partial charge in [0.1, 0.15) is 6.61 Å². The molecule has 0 aliphatic rings. The van der Waals surface area contributed by atoms with Crippen LogP contribution in [-0.4, -0.2) is 41.1 Å². The standard InChI is InChI=1S/C11H21N5O/c1-8-6-9(14-10(13-8)15-12)17-7-11(2,3)16(4)5/h6H,7,12H2,1-5H3,(H,13,14,15). The fraction of sp³-hybridized carbons (Fsp3) is 0.636. The molecule has 0 amide bonds. The first kappa shape index (κ1) is 13.7. The Morgan fingerprint density at radius 2 is 2.06 bits per heavy atom. The average Bonchev–Trinajstić information content (AvgIpc) is 2.25. The van der Waals surface area contributed by atoms with E-state index in [0.29, 0.717) is 18.4 Å². The van der Waals surface area contributed by atoms with Gasteiger partial charge in [-0.15, -0.1) is 0 Å². The van der Waals surface area contributed by atoms with Gasteiger partial charge in [0.15, 0.2) is 0 Å². The fourth-order valence-electron chi connectivity index (χ4n) is 1.06. The van der Waals surface area contributed by atoms with Gasteiger partial charge < -0.3 is 9.64 Å². The Bertz CT molecular complexity index is 378. The van der Waals surface area contributed by atoms with Gasteiger partial charge in [0, 0.05) is 17.3 Å². The molecule has 0 spiro atoms. The number of hydrogen-bond donors (Lipinski definition) is 2. The smallest absolute Gasteiger partial charge is 0.240 e. The number of anilines is 1. The van der Waals surface area contributed by atoms with Gasteiger partial charge in [-0.25, -0.2) is 10.8 Å². The molecule has 6 nitrogen and oxygen atoms in total. The van der Waals surface area contributed by atoms with Crippen LogP contribution in [0.25, 0.3) is 0 Å². The van der Waals surface area contributed by atoms with E-state index in [4.69, 9.17) is 10.6 Å². The molecule has 1 aromatic rings. The fourth-order valence-corrected chi connectivity index (χ4v) is 1.06. The molecule has 0 unspecified atom stereocenters. The number of ether oxygens (including phenoxy) is 1. The maximum atomic E-state index is 5.67. The van der Waals surface area contributed by atoms with Crippen LogP contribution >= 0.6 is 0 Å². The number of aromatic nitrogens is 2. The van der Waals surface area contributed by atoms with Crippen molar-refractivity contribution < 1.29 is 4.74 Å². The van der Waals surface area contributed by atoms with E-state index in [1.807, 2.05) is 21.0 Å². The number of hydrogen-bond acceptors (Lipinski definition) is 6. The average molecular weight is 239 g/mol. The maximum Gasteiger partial charge on any atom is 0.240 e. The number of nitrogens with zero attached hydrogens (tertiary/aromatic N) is 3. The summed E-state index contributed by atoms with van der Waals surface area (Å²) in [6.07, 6.45) is 0. The number of aryl methyl sites for hydroxylation is 1. The van der Waals surface area contributed by atoms with E-state index >= 15 is 0 Å². The topological polar surface area (TPSA) is 76.3 Å². The van der Waals surface area contributed by atoms with E-state index in [2.05, 4.69) is 34.1 Å². The van der Waals surface area contributed by atoms with Crippen molar-refractivity contribution in [1.82, 2.24) is 14.9 Å². The Hall–Kier alpha value is -1.40. The van der Waals surface area contributed by atoms with Crippen molar-refractivity contribution in [2.75, 3.05) is 26.1 Å². The Labute approximate surface area is 102 Å². The van der Waals surface area contributed by atoms with Crippen LogP contribution in [0, 0.1) is 6.92 Å². The van der Waals surface area contributed by atoms with E-state index in [1.54, 1.807) is 6.07 Å². The van der Waals surface area contributed by atoms with Crippen LogP contribution in [0.3, 0.4) is 0 Å². The van der Waals surface area contributed by atoms with Gasteiger partial charge in [-0.2, -0.15) is 4.98 Å². The highest BCUT2D eigenvalue weighted by molar-refractivity contribution is 5.28. The molecular formula is C11H21N5O. The molecule has 1 rings (SSSR count). The lowest BCUT2D eigenvalue weighted by atomic mass is 10.1. The van der Waals surface area contributed by atoms with Crippen molar-refractivity contribution in [3.63, 3.8) is 0 Å². The van der Waals surface area contributed by atoms with E-state index in [1.165, 1.54) is 0 Å². The Balaban J connectivity index is 2.72. The van der Waals surface area contributed by atoms with Crippen LogP contribution in [0.15, 0.2) is 6.07 Å². The van der Waals surface area contributed by atoms with Crippen LogP contribution in [0.4, 0.5) is 5.95 Å². The number of nitrogen functional groups attached to an aromatic ring is 1. The third-order valence-corrected chi connectivity index (χ3v) is 2.74. The summed E-state index contributed by atoms with van der Waals surface area (Å²) in [5.41, 5.74) is 3.17. The molecule has 6 heteroatoms. The molecule has 0 saturated carbocycles. The van der Waals surface area contributed by atoms with Crippen molar-refractivity contribution in [3.05, 3.63) is 11.8 Å². The zero-order chi connectivity index (χ0) is 13.1. The summed E-state index contributed by atoms with van der Waals surface area (Å²) in [4.78, 5) is 10.3. The summed E-state index contributed by atoms with van der Waals surface area (Å²) in [6, 6.07) is 1.78. The summed E-state index contributed by atoms with van der Waals surface area (Å²) < 4.78 is 5.67. The van der Waals surface area contributed by atoms with Gasteiger partial charge in [0.2, 0.25) is 11.8 Å². The third kappa shape index (κ3) is 3.83. The number of hydrazine groups is 1. The van der Waals surface area contributed by atoms with Crippen LogP contribution in [0.1, 0.15) is 19.5 Å². The van der Waals surface area contributed by atoms with Crippen LogP contribution in [0.5, 0.6) is 5.88 Å². The quantitative estimate of drug-likeness (QED) is 0.584. The lowest BCUT2D eigenvalue weighted by Crippen LogP contribution is -2.43. The van der Waals surface area contributed by atoms with Crippen molar-refractivity contribution in [1.29, 1.82) is 0 Å². The summed E-state index contributed by atoms with van der Waals surface area (Å²) in [6.45, 7) is 6.61. The molecule has 96 valence electrons. The molecule has 0 aliphatic heterocycles. The number of nitrogens with two attached hydrogens (primary N) is 1. The van der Waals surface area contributed by atoms with Gasteiger partial charge in [0.05, 0.1) is 0 Å². The first-order valence-corrected chi connectivity index (χ1v) is 5.47. The predicted molar refractivity (Wildman–Crippen MR) is 67.8 cm³/mol. The molecule has 1 heterocycles. The zero-order valence-corrected chi connectivity index (χ0v) is 11.1. The molecule has 0 atom stereocenters. The van der Waals surface area contributed by atoms with Crippen LogP contribution < -0.4 is 16.0 Å². The molecule has 1 aromatic heterocycles. The van der Waals surface area contributed by atoms with Gasteiger partial charge in [0.25, 0.3) is 0 Å². The normalized spacial score (nSPS) is 11.7. The molecular weight excluding hydrogens is 218 g/mol. The van der Waals surface area contributed by atoms with Crippen molar-refractivity contribution in [2.24, 2.45) is 5.84 Å². The molecule has 3 N–H and O–H groups in total. The monoisotopic (exact) mass is 239 g/mol. The van der Waals surface area contributed by atoms with Crippen molar-refractivity contribution in [2.45, 2.75) is 26.3 Å². The summed E-state index contributed by atoms with van der Waals surface area (Å²) in [5.74, 6) is 6.17. The first-order chi connectivity index (χ1) is 7.85. The minimum Gasteiger partial charge on any atom is -0.476 e. The van der Waals surface area contributed by atoms with Gasteiger partial charge in [-0.1, -0.05) is 0 Å². The summed E-state index contributed by atoms with van der Waals surface area (Å²) >= 11 is 0.